The van der Waals surface area contributed by atoms with Crippen molar-refractivity contribution in [3.05, 3.63) is 125 Å². The number of hydrogen-bond acceptors (Lipinski definition) is 6. The number of nitrogens with zero attached hydrogens (tertiary/aromatic N) is 4. The standard InChI is InChI=1S/C42H47N5O3/c48-37-14-16-39-33(28-37)11-15-38(31-6-2-1-3-7-31)41(39)32-9-12-34(13-10-32)45-20-17-35(18-21-45)46-25-23-44(24-26-46)29-30-5-4-8-36(27-30)47-22-19-40(49)43-42(47)50/h1-10,12-14,16,27-28,35,38,41,48H,11,15,17-26,29H2,(H,43,49,50)/t38-,41+/m1/s1. The summed E-state index contributed by atoms with van der Waals surface area (Å²) in [6.45, 7) is 7.68. The molecule has 0 bridgehead atoms. The number of phenolic OH excluding ortho intramolecular Hbond substituents is 1. The van der Waals surface area contributed by atoms with E-state index < -0.39 is 0 Å². The molecule has 0 aromatic heterocycles. The van der Waals surface area contributed by atoms with Gasteiger partial charge < -0.3 is 10.0 Å². The molecular weight excluding hydrogens is 622 g/mol. The first-order chi connectivity index (χ1) is 24.5. The van der Waals surface area contributed by atoms with E-state index in [2.05, 4.69) is 92.8 Å². The van der Waals surface area contributed by atoms with Gasteiger partial charge in [0.2, 0.25) is 5.91 Å². The molecular formula is C42H47N5O3. The number of benzene rings is 4. The van der Waals surface area contributed by atoms with Gasteiger partial charge in [-0.3, -0.25) is 24.8 Å². The van der Waals surface area contributed by atoms with Gasteiger partial charge in [0, 0.05) is 82.1 Å². The van der Waals surface area contributed by atoms with Crippen LogP contribution in [0.25, 0.3) is 0 Å². The number of rotatable bonds is 7. The van der Waals surface area contributed by atoms with Crippen molar-refractivity contribution in [2.24, 2.45) is 0 Å². The highest BCUT2D eigenvalue weighted by Crippen LogP contribution is 2.47. The number of piperidine rings is 1. The maximum absolute atomic E-state index is 12.3. The van der Waals surface area contributed by atoms with E-state index in [1.165, 1.54) is 46.3 Å². The minimum atomic E-state index is -0.333. The molecule has 0 saturated carbocycles. The lowest BCUT2D eigenvalue weighted by molar-refractivity contribution is -0.120. The molecule has 3 saturated heterocycles. The Morgan fingerprint density at radius 1 is 0.680 bits per heavy atom. The molecule has 50 heavy (non-hydrogen) atoms. The molecule has 8 rings (SSSR count). The number of urea groups is 1. The molecule has 3 amide bonds. The fourth-order valence-corrected chi connectivity index (χ4v) is 8.84. The molecule has 1 aliphatic carbocycles. The van der Waals surface area contributed by atoms with Crippen LogP contribution in [-0.2, 0) is 17.8 Å². The molecule has 0 unspecified atom stereocenters. The molecule has 2 atom stereocenters. The summed E-state index contributed by atoms with van der Waals surface area (Å²) in [7, 11) is 0. The zero-order valence-electron chi connectivity index (χ0n) is 28.7. The Hall–Kier alpha value is -4.66. The van der Waals surface area contributed by atoms with E-state index >= 15 is 0 Å². The normalized spacial score (nSPS) is 22.3. The highest BCUT2D eigenvalue weighted by Gasteiger charge is 2.33. The number of carbonyl (C=O) groups is 2. The van der Waals surface area contributed by atoms with Gasteiger partial charge >= 0.3 is 6.03 Å². The van der Waals surface area contributed by atoms with Crippen molar-refractivity contribution < 1.29 is 14.7 Å². The lowest BCUT2D eigenvalue weighted by Gasteiger charge is -2.43. The maximum Gasteiger partial charge on any atom is 0.328 e. The largest absolute Gasteiger partial charge is 0.508 e. The van der Waals surface area contributed by atoms with Gasteiger partial charge in [0.15, 0.2) is 0 Å². The number of piperazine rings is 1. The van der Waals surface area contributed by atoms with Gasteiger partial charge in [0.25, 0.3) is 0 Å². The second kappa shape index (κ2) is 14.3. The van der Waals surface area contributed by atoms with E-state index in [0.29, 0.717) is 30.7 Å². The van der Waals surface area contributed by atoms with Crippen LogP contribution in [0.1, 0.15) is 65.3 Å². The number of aromatic hydroxyl groups is 1. The molecule has 2 N–H and O–H groups in total. The first kappa shape index (κ1) is 32.5. The number of phenols is 1. The van der Waals surface area contributed by atoms with E-state index in [-0.39, 0.29) is 17.9 Å². The molecule has 4 aromatic carbocycles. The van der Waals surface area contributed by atoms with Crippen molar-refractivity contribution in [1.82, 2.24) is 15.1 Å². The van der Waals surface area contributed by atoms with Gasteiger partial charge in [0.05, 0.1) is 0 Å². The third kappa shape index (κ3) is 6.87. The summed E-state index contributed by atoms with van der Waals surface area (Å²) in [6, 6.07) is 34.7. The lowest BCUT2D eigenvalue weighted by atomic mass is 9.69. The monoisotopic (exact) mass is 669 g/mol. The number of fused-ring (bicyclic) bond motifs is 1. The Balaban J connectivity index is 0.859. The Morgan fingerprint density at radius 2 is 1.46 bits per heavy atom. The van der Waals surface area contributed by atoms with Crippen LogP contribution in [0.2, 0.25) is 0 Å². The van der Waals surface area contributed by atoms with Gasteiger partial charge in [-0.05, 0) is 95.8 Å². The van der Waals surface area contributed by atoms with E-state index in [1.807, 2.05) is 24.3 Å². The van der Waals surface area contributed by atoms with Crippen LogP contribution in [-0.4, -0.2) is 78.7 Å². The minimum absolute atomic E-state index is 0.206. The predicted octanol–water partition coefficient (Wildman–Crippen LogP) is 6.49. The average Bonchev–Trinajstić information content (AvgIpc) is 3.15. The van der Waals surface area contributed by atoms with Gasteiger partial charge in [-0.25, -0.2) is 4.79 Å². The zero-order chi connectivity index (χ0) is 34.0. The third-order valence-corrected chi connectivity index (χ3v) is 11.5. The van der Waals surface area contributed by atoms with Crippen molar-refractivity contribution in [3.63, 3.8) is 0 Å². The third-order valence-electron chi connectivity index (χ3n) is 11.5. The second-order valence-corrected chi connectivity index (χ2v) is 14.5. The average molecular weight is 670 g/mol. The first-order valence-corrected chi connectivity index (χ1v) is 18.4. The molecule has 0 radical (unpaired) electrons. The van der Waals surface area contributed by atoms with Crippen LogP contribution in [0.15, 0.2) is 97.1 Å². The Kier molecular flexibility index (Phi) is 9.30. The van der Waals surface area contributed by atoms with Crippen LogP contribution < -0.4 is 15.1 Å². The summed E-state index contributed by atoms with van der Waals surface area (Å²) in [5, 5.41) is 12.6. The van der Waals surface area contributed by atoms with Crippen LogP contribution >= 0.6 is 0 Å². The number of aryl methyl sites for hydroxylation is 1. The molecule has 4 aliphatic rings. The van der Waals surface area contributed by atoms with Crippen LogP contribution in [0.3, 0.4) is 0 Å². The van der Waals surface area contributed by atoms with Crippen molar-refractivity contribution in [3.8, 4) is 5.75 Å². The number of carbonyl (C=O) groups excluding carboxylic acids is 2. The Bertz CT molecular complexity index is 1810. The lowest BCUT2D eigenvalue weighted by Crippen LogP contribution is -2.53. The second-order valence-electron chi connectivity index (χ2n) is 14.5. The van der Waals surface area contributed by atoms with Gasteiger partial charge in [-0.1, -0.05) is 60.7 Å². The summed E-state index contributed by atoms with van der Waals surface area (Å²) in [5.41, 5.74) is 8.71. The van der Waals surface area contributed by atoms with Gasteiger partial charge in [-0.2, -0.15) is 0 Å². The fraction of sp³-hybridized carbons (Fsp3) is 0.381. The Labute approximate surface area is 295 Å². The minimum Gasteiger partial charge on any atom is -0.508 e. The van der Waals surface area contributed by atoms with Crippen LogP contribution in [0.5, 0.6) is 5.75 Å². The number of amides is 3. The molecule has 258 valence electrons. The number of nitrogens with one attached hydrogen (secondary N) is 1. The number of imide groups is 1. The van der Waals surface area contributed by atoms with Crippen molar-refractivity contribution in [1.29, 1.82) is 0 Å². The van der Waals surface area contributed by atoms with E-state index in [0.717, 1.165) is 64.3 Å². The van der Waals surface area contributed by atoms with Crippen molar-refractivity contribution >= 4 is 23.3 Å². The van der Waals surface area contributed by atoms with E-state index in [1.54, 1.807) is 4.90 Å². The molecule has 0 spiro atoms. The first-order valence-electron chi connectivity index (χ1n) is 18.4. The predicted molar refractivity (Wildman–Crippen MR) is 198 cm³/mol. The summed E-state index contributed by atoms with van der Waals surface area (Å²) >= 11 is 0. The van der Waals surface area contributed by atoms with Crippen LogP contribution in [0.4, 0.5) is 16.2 Å². The van der Waals surface area contributed by atoms with Gasteiger partial charge in [-0.15, -0.1) is 0 Å². The van der Waals surface area contributed by atoms with Gasteiger partial charge in [0.1, 0.15) is 5.75 Å². The summed E-state index contributed by atoms with van der Waals surface area (Å²) in [6.07, 6.45) is 4.76. The SMILES string of the molecule is O=C1CCN(c2cccc(CN3CCN(C4CCN(c5ccc([C@@H]6c7ccc(O)cc7CC[C@@H]6c6ccccc6)cc5)CC4)CC3)c2)C(=O)N1. The maximum atomic E-state index is 12.3. The van der Waals surface area contributed by atoms with Crippen molar-refractivity contribution in [2.75, 3.05) is 55.6 Å². The zero-order valence-corrected chi connectivity index (χ0v) is 28.7. The smallest absolute Gasteiger partial charge is 0.328 e. The van der Waals surface area contributed by atoms with E-state index in [4.69, 9.17) is 0 Å². The Morgan fingerprint density at radius 3 is 2.22 bits per heavy atom. The molecule has 3 aliphatic heterocycles. The molecule has 4 aromatic rings. The molecule has 8 heteroatoms. The molecule has 3 fully saturated rings. The highest BCUT2D eigenvalue weighted by atomic mass is 16.3. The van der Waals surface area contributed by atoms with Crippen molar-refractivity contribution in [2.45, 2.75) is 56.5 Å². The van der Waals surface area contributed by atoms with E-state index in [9.17, 15) is 14.7 Å². The molecule has 8 nitrogen and oxygen atoms in total. The topological polar surface area (TPSA) is 79.4 Å². The summed E-state index contributed by atoms with van der Waals surface area (Å²) in [5.74, 6) is 0.833. The fourth-order valence-electron chi connectivity index (χ4n) is 8.84. The molecule has 3 heterocycles. The number of anilines is 2. The quantitative estimate of drug-likeness (QED) is 0.235. The summed E-state index contributed by atoms with van der Waals surface area (Å²) < 4.78 is 0. The number of hydrogen-bond donors (Lipinski definition) is 2. The highest BCUT2D eigenvalue weighted by molar-refractivity contribution is 6.05. The summed E-state index contributed by atoms with van der Waals surface area (Å²) in [4.78, 5) is 33.3. The van der Waals surface area contributed by atoms with Crippen LogP contribution in [0, 0.1) is 0 Å².